The SMILES string of the molecule is Cc1ccc(Cl)cc1NC(=O)[C@H]1[C@@H](C(=O)O)[C@@H]2C=C[C@@H]1O2. The third-order valence-electron chi connectivity index (χ3n) is 3.94. The predicted octanol–water partition coefficient (Wildman–Crippen LogP) is 2.24. The minimum atomic E-state index is -1.02. The summed E-state index contributed by atoms with van der Waals surface area (Å²) in [4.78, 5) is 23.8. The highest BCUT2D eigenvalue weighted by molar-refractivity contribution is 6.31. The number of aryl methyl sites for hydroxylation is 1. The third kappa shape index (κ3) is 2.43. The van der Waals surface area contributed by atoms with E-state index in [9.17, 15) is 14.7 Å². The van der Waals surface area contributed by atoms with Crippen molar-refractivity contribution >= 4 is 29.2 Å². The number of halogens is 1. The molecule has 1 amide bonds. The summed E-state index contributed by atoms with van der Waals surface area (Å²) in [5.41, 5.74) is 1.45. The monoisotopic (exact) mass is 307 g/mol. The molecule has 21 heavy (non-hydrogen) atoms. The van der Waals surface area contributed by atoms with Gasteiger partial charge in [-0.2, -0.15) is 0 Å². The van der Waals surface area contributed by atoms with Crippen LogP contribution < -0.4 is 5.32 Å². The Balaban J connectivity index is 1.83. The molecular weight excluding hydrogens is 294 g/mol. The Morgan fingerprint density at radius 3 is 2.57 bits per heavy atom. The molecule has 0 aliphatic carbocycles. The number of hydrogen-bond donors (Lipinski definition) is 2. The summed E-state index contributed by atoms with van der Waals surface area (Å²) in [6.07, 6.45) is 2.45. The number of carboxylic acid groups (broad SMARTS) is 1. The second-order valence-corrected chi connectivity index (χ2v) is 5.72. The molecule has 2 heterocycles. The first-order valence-electron chi connectivity index (χ1n) is 6.61. The zero-order chi connectivity index (χ0) is 15.1. The van der Waals surface area contributed by atoms with Crippen LogP contribution in [0.5, 0.6) is 0 Å². The zero-order valence-corrected chi connectivity index (χ0v) is 12.0. The van der Waals surface area contributed by atoms with Crippen LogP contribution in [0, 0.1) is 18.8 Å². The van der Waals surface area contributed by atoms with Gasteiger partial charge in [-0.25, -0.2) is 0 Å². The predicted molar refractivity (Wildman–Crippen MR) is 77.2 cm³/mol. The maximum Gasteiger partial charge on any atom is 0.310 e. The maximum absolute atomic E-state index is 12.5. The van der Waals surface area contributed by atoms with Gasteiger partial charge in [0.25, 0.3) is 0 Å². The Bertz CT molecular complexity index is 643. The molecule has 110 valence electrons. The lowest BCUT2D eigenvalue weighted by atomic mass is 9.82. The number of carbonyl (C=O) groups excluding carboxylic acids is 1. The van der Waals surface area contributed by atoms with Crippen LogP contribution in [-0.2, 0) is 14.3 Å². The molecule has 4 atom stereocenters. The largest absolute Gasteiger partial charge is 0.481 e. The van der Waals surface area contributed by atoms with Crippen LogP contribution in [0.2, 0.25) is 5.02 Å². The summed E-state index contributed by atoms with van der Waals surface area (Å²) < 4.78 is 5.49. The number of amides is 1. The number of carbonyl (C=O) groups is 2. The maximum atomic E-state index is 12.5. The average Bonchev–Trinajstić information content (AvgIpc) is 3.03. The molecule has 2 aliphatic heterocycles. The lowest BCUT2D eigenvalue weighted by molar-refractivity contribution is -0.145. The molecular formula is C15H14ClNO4. The molecule has 0 spiro atoms. The van der Waals surface area contributed by atoms with Crippen molar-refractivity contribution < 1.29 is 19.4 Å². The first-order chi connectivity index (χ1) is 9.97. The molecule has 3 rings (SSSR count). The number of hydrogen-bond acceptors (Lipinski definition) is 3. The number of benzene rings is 1. The third-order valence-corrected chi connectivity index (χ3v) is 4.18. The van der Waals surface area contributed by atoms with E-state index in [1.807, 2.05) is 6.92 Å². The van der Waals surface area contributed by atoms with Gasteiger partial charge < -0.3 is 15.2 Å². The van der Waals surface area contributed by atoms with Crippen LogP contribution in [0.1, 0.15) is 5.56 Å². The molecule has 1 aromatic carbocycles. The van der Waals surface area contributed by atoms with Crippen LogP contribution in [-0.4, -0.2) is 29.2 Å². The van der Waals surface area contributed by atoms with E-state index < -0.39 is 30.0 Å². The molecule has 0 saturated carbocycles. The first-order valence-corrected chi connectivity index (χ1v) is 6.99. The summed E-state index contributed by atoms with van der Waals surface area (Å²) in [6, 6.07) is 5.17. The second-order valence-electron chi connectivity index (χ2n) is 5.29. The molecule has 2 aliphatic rings. The van der Waals surface area contributed by atoms with E-state index in [1.165, 1.54) is 0 Å². The molecule has 0 radical (unpaired) electrons. The van der Waals surface area contributed by atoms with E-state index in [-0.39, 0.29) is 5.91 Å². The fraction of sp³-hybridized carbons (Fsp3) is 0.333. The lowest BCUT2D eigenvalue weighted by Crippen LogP contribution is -2.39. The smallest absolute Gasteiger partial charge is 0.310 e. The highest BCUT2D eigenvalue weighted by Crippen LogP contribution is 2.40. The van der Waals surface area contributed by atoms with E-state index in [1.54, 1.807) is 30.4 Å². The highest BCUT2D eigenvalue weighted by atomic mass is 35.5. The van der Waals surface area contributed by atoms with Crippen LogP contribution in [0.15, 0.2) is 30.4 Å². The van der Waals surface area contributed by atoms with Crippen molar-refractivity contribution in [2.24, 2.45) is 11.8 Å². The number of fused-ring (bicyclic) bond motifs is 2. The van der Waals surface area contributed by atoms with Gasteiger partial charge in [-0.15, -0.1) is 0 Å². The number of nitrogens with one attached hydrogen (secondary N) is 1. The van der Waals surface area contributed by atoms with Crippen molar-refractivity contribution in [2.45, 2.75) is 19.1 Å². The van der Waals surface area contributed by atoms with Crippen molar-refractivity contribution in [1.29, 1.82) is 0 Å². The van der Waals surface area contributed by atoms with Crippen molar-refractivity contribution in [3.05, 3.63) is 40.9 Å². The molecule has 0 unspecified atom stereocenters. The molecule has 2 N–H and O–H groups in total. The Hall–Kier alpha value is -1.85. The van der Waals surface area contributed by atoms with E-state index in [2.05, 4.69) is 5.32 Å². The minimum Gasteiger partial charge on any atom is -0.481 e. The summed E-state index contributed by atoms with van der Waals surface area (Å²) in [6.45, 7) is 1.85. The Morgan fingerprint density at radius 1 is 1.24 bits per heavy atom. The molecule has 1 saturated heterocycles. The van der Waals surface area contributed by atoms with Crippen LogP contribution in [0.3, 0.4) is 0 Å². The Kier molecular flexibility index (Phi) is 3.47. The van der Waals surface area contributed by atoms with Crippen molar-refractivity contribution in [3.8, 4) is 0 Å². The van der Waals surface area contributed by atoms with Crippen molar-refractivity contribution in [2.75, 3.05) is 5.32 Å². The average molecular weight is 308 g/mol. The van der Waals surface area contributed by atoms with Crippen LogP contribution in [0.4, 0.5) is 5.69 Å². The van der Waals surface area contributed by atoms with E-state index in [0.717, 1.165) is 5.56 Å². The summed E-state index contributed by atoms with van der Waals surface area (Å²) in [5.74, 6) is -2.95. The summed E-state index contributed by atoms with van der Waals surface area (Å²) in [7, 11) is 0. The molecule has 2 bridgehead atoms. The van der Waals surface area contributed by atoms with Gasteiger partial charge in [-0.05, 0) is 24.6 Å². The molecule has 5 nitrogen and oxygen atoms in total. The van der Waals surface area contributed by atoms with Gasteiger partial charge in [0.15, 0.2) is 0 Å². The zero-order valence-electron chi connectivity index (χ0n) is 11.2. The van der Waals surface area contributed by atoms with E-state index in [0.29, 0.717) is 10.7 Å². The summed E-state index contributed by atoms with van der Waals surface area (Å²) in [5, 5.41) is 12.6. The second kappa shape index (κ2) is 5.16. The van der Waals surface area contributed by atoms with E-state index in [4.69, 9.17) is 16.3 Å². The number of aliphatic carboxylic acids is 1. The molecule has 6 heteroatoms. The quantitative estimate of drug-likeness (QED) is 0.840. The van der Waals surface area contributed by atoms with Gasteiger partial charge in [0, 0.05) is 10.7 Å². The van der Waals surface area contributed by atoms with Crippen LogP contribution >= 0.6 is 11.6 Å². The fourth-order valence-electron chi connectivity index (χ4n) is 2.86. The fourth-order valence-corrected chi connectivity index (χ4v) is 3.03. The van der Waals surface area contributed by atoms with Crippen LogP contribution in [0.25, 0.3) is 0 Å². The normalized spacial score (nSPS) is 29.6. The Morgan fingerprint density at radius 2 is 1.90 bits per heavy atom. The molecule has 1 aromatic rings. The van der Waals surface area contributed by atoms with E-state index >= 15 is 0 Å². The number of anilines is 1. The van der Waals surface area contributed by atoms with Gasteiger partial charge >= 0.3 is 5.97 Å². The number of carboxylic acids is 1. The minimum absolute atomic E-state index is 0.357. The van der Waals surface area contributed by atoms with Gasteiger partial charge in [-0.1, -0.05) is 29.8 Å². The van der Waals surface area contributed by atoms with Gasteiger partial charge in [0.1, 0.15) is 5.92 Å². The lowest BCUT2D eigenvalue weighted by Gasteiger charge is -2.21. The standard InChI is InChI=1S/C15H14ClNO4/c1-7-2-3-8(16)6-9(7)17-14(18)12-10-4-5-11(21-10)13(12)15(19)20/h2-6,10-13H,1H3,(H,17,18)(H,19,20)/t10-,11-,12+,13-/m0/s1. The Labute approximate surface area is 126 Å². The first kappa shape index (κ1) is 14.1. The number of ether oxygens (including phenoxy) is 1. The topological polar surface area (TPSA) is 75.6 Å². The van der Waals surface area contributed by atoms with Gasteiger partial charge in [0.05, 0.1) is 18.1 Å². The highest BCUT2D eigenvalue weighted by Gasteiger charge is 2.53. The van der Waals surface area contributed by atoms with Gasteiger partial charge in [-0.3, -0.25) is 9.59 Å². The number of rotatable bonds is 3. The van der Waals surface area contributed by atoms with Crippen molar-refractivity contribution in [1.82, 2.24) is 0 Å². The molecule has 0 aromatic heterocycles. The summed E-state index contributed by atoms with van der Waals surface area (Å²) >= 11 is 5.92. The molecule has 1 fully saturated rings. The van der Waals surface area contributed by atoms with Gasteiger partial charge in [0.2, 0.25) is 5.91 Å². The van der Waals surface area contributed by atoms with Crippen molar-refractivity contribution in [3.63, 3.8) is 0 Å².